The summed E-state index contributed by atoms with van der Waals surface area (Å²) in [6.45, 7) is 10.5. The summed E-state index contributed by atoms with van der Waals surface area (Å²) in [5.41, 5.74) is 6.01. The number of hydrogen-bond donors (Lipinski definition) is 1. The minimum atomic E-state index is -0.00854. The van der Waals surface area contributed by atoms with Gasteiger partial charge in [-0.1, -0.05) is 20.8 Å². The third-order valence-electron chi connectivity index (χ3n) is 4.65. The van der Waals surface area contributed by atoms with Crippen LogP contribution in [-0.2, 0) is 4.79 Å². The Morgan fingerprint density at radius 1 is 1.21 bits per heavy atom. The van der Waals surface area contributed by atoms with Crippen LogP contribution >= 0.6 is 0 Å². The molecule has 1 heterocycles. The zero-order chi connectivity index (χ0) is 14.3. The molecular formula is C15H31N3O. The van der Waals surface area contributed by atoms with Gasteiger partial charge in [-0.25, -0.2) is 0 Å². The van der Waals surface area contributed by atoms with Crippen molar-refractivity contribution in [2.75, 3.05) is 32.7 Å². The Labute approximate surface area is 118 Å². The standard InChI is InChI=1S/C15H31N3O/c1-4-9-18(15(5-2,6-3)13-16)12-14(19)17-10-7-8-11-17/h4-13,16H2,1-3H3. The summed E-state index contributed by atoms with van der Waals surface area (Å²) >= 11 is 0. The summed E-state index contributed by atoms with van der Waals surface area (Å²) in [6, 6.07) is 0. The van der Waals surface area contributed by atoms with Crippen molar-refractivity contribution >= 4 is 5.91 Å². The van der Waals surface area contributed by atoms with Crippen molar-refractivity contribution in [2.45, 2.75) is 58.4 Å². The monoisotopic (exact) mass is 269 g/mol. The molecule has 1 aliphatic rings. The number of likely N-dealkylation sites (tertiary alicyclic amines) is 1. The number of nitrogens with zero attached hydrogens (tertiary/aromatic N) is 2. The van der Waals surface area contributed by atoms with Gasteiger partial charge in [-0.05, 0) is 38.6 Å². The molecule has 4 nitrogen and oxygen atoms in total. The van der Waals surface area contributed by atoms with Gasteiger partial charge in [0.15, 0.2) is 0 Å². The van der Waals surface area contributed by atoms with Crippen molar-refractivity contribution in [3.05, 3.63) is 0 Å². The van der Waals surface area contributed by atoms with Crippen LogP contribution in [0.4, 0.5) is 0 Å². The molecule has 1 saturated heterocycles. The largest absolute Gasteiger partial charge is 0.342 e. The first-order chi connectivity index (χ1) is 9.13. The van der Waals surface area contributed by atoms with Crippen LogP contribution in [0.2, 0.25) is 0 Å². The molecule has 0 aromatic carbocycles. The normalized spacial score (nSPS) is 16.4. The average Bonchev–Trinajstić information content (AvgIpc) is 2.95. The fraction of sp³-hybridized carbons (Fsp3) is 0.933. The molecule has 0 radical (unpaired) electrons. The molecule has 1 fully saturated rings. The van der Waals surface area contributed by atoms with E-state index in [4.69, 9.17) is 5.73 Å². The Morgan fingerprint density at radius 2 is 1.79 bits per heavy atom. The first-order valence-electron chi connectivity index (χ1n) is 7.86. The van der Waals surface area contributed by atoms with Crippen LogP contribution in [0, 0.1) is 0 Å². The van der Waals surface area contributed by atoms with Crippen LogP contribution < -0.4 is 5.73 Å². The maximum Gasteiger partial charge on any atom is 0.236 e. The third-order valence-corrected chi connectivity index (χ3v) is 4.65. The minimum absolute atomic E-state index is 0.00854. The highest BCUT2D eigenvalue weighted by Gasteiger charge is 2.33. The van der Waals surface area contributed by atoms with E-state index in [1.807, 2.05) is 4.90 Å². The van der Waals surface area contributed by atoms with Gasteiger partial charge >= 0.3 is 0 Å². The summed E-state index contributed by atoms with van der Waals surface area (Å²) < 4.78 is 0. The van der Waals surface area contributed by atoms with Gasteiger partial charge in [0.25, 0.3) is 0 Å². The molecule has 0 saturated carbocycles. The Bertz CT molecular complexity index is 262. The summed E-state index contributed by atoms with van der Waals surface area (Å²) in [6.07, 6.45) is 5.39. The first kappa shape index (κ1) is 16.4. The summed E-state index contributed by atoms with van der Waals surface area (Å²) in [5.74, 6) is 0.283. The maximum absolute atomic E-state index is 12.4. The van der Waals surface area contributed by atoms with Crippen molar-refractivity contribution in [1.29, 1.82) is 0 Å². The summed E-state index contributed by atoms with van der Waals surface area (Å²) in [4.78, 5) is 16.7. The molecule has 4 heteroatoms. The van der Waals surface area contributed by atoms with Crippen LogP contribution in [0.5, 0.6) is 0 Å². The molecular weight excluding hydrogens is 238 g/mol. The van der Waals surface area contributed by atoms with E-state index < -0.39 is 0 Å². The predicted molar refractivity (Wildman–Crippen MR) is 80.0 cm³/mol. The Kier molecular flexibility index (Phi) is 6.80. The molecule has 0 atom stereocenters. The van der Waals surface area contributed by atoms with E-state index in [-0.39, 0.29) is 11.4 Å². The lowest BCUT2D eigenvalue weighted by Crippen LogP contribution is -2.56. The number of carbonyl (C=O) groups is 1. The van der Waals surface area contributed by atoms with Gasteiger partial charge in [-0.3, -0.25) is 9.69 Å². The molecule has 19 heavy (non-hydrogen) atoms. The van der Waals surface area contributed by atoms with E-state index in [1.54, 1.807) is 0 Å². The van der Waals surface area contributed by atoms with Gasteiger partial charge < -0.3 is 10.6 Å². The molecule has 1 amide bonds. The third kappa shape index (κ3) is 3.93. The van der Waals surface area contributed by atoms with Gasteiger partial charge in [0.2, 0.25) is 5.91 Å². The highest BCUT2D eigenvalue weighted by atomic mass is 16.2. The van der Waals surface area contributed by atoms with E-state index in [1.165, 1.54) is 0 Å². The van der Waals surface area contributed by atoms with Gasteiger partial charge in [0, 0.05) is 25.2 Å². The molecule has 1 rings (SSSR count). The topological polar surface area (TPSA) is 49.6 Å². The zero-order valence-electron chi connectivity index (χ0n) is 13.0. The second kappa shape index (κ2) is 7.85. The molecule has 2 N–H and O–H groups in total. The van der Waals surface area contributed by atoms with E-state index in [0.29, 0.717) is 13.1 Å². The lowest BCUT2D eigenvalue weighted by molar-refractivity contribution is -0.133. The molecule has 1 aliphatic heterocycles. The molecule has 0 bridgehead atoms. The van der Waals surface area contributed by atoms with Gasteiger partial charge in [0.1, 0.15) is 0 Å². The second-order valence-corrected chi connectivity index (χ2v) is 5.65. The van der Waals surface area contributed by atoms with E-state index >= 15 is 0 Å². The van der Waals surface area contributed by atoms with Crippen molar-refractivity contribution < 1.29 is 4.79 Å². The van der Waals surface area contributed by atoms with Crippen LogP contribution in [0.3, 0.4) is 0 Å². The zero-order valence-corrected chi connectivity index (χ0v) is 13.0. The Balaban J connectivity index is 2.72. The predicted octanol–water partition coefficient (Wildman–Crippen LogP) is 1.84. The number of hydrogen-bond acceptors (Lipinski definition) is 3. The minimum Gasteiger partial charge on any atom is -0.342 e. The van der Waals surface area contributed by atoms with E-state index in [9.17, 15) is 4.79 Å². The first-order valence-corrected chi connectivity index (χ1v) is 7.86. The van der Waals surface area contributed by atoms with Crippen LogP contribution in [-0.4, -0.2) is 54.0 Å². The molecule has 0 aliphatic carbocycles. The highest BCUT2D eigenvalue weighted by molar-refractivity contribution is 5.78. The number of amides is 1. The Hall–Kier alpha value is -0.610. The van der Waals surface area contributed by atoms with Crippen LogP contribution in [0.15, 0.2) is 0 Å². The quantitative estimate of drug-likeness (QED) is 0.731. The molecule has 0 aromatic heterocycles. The SMILES string of the molecule is CCCN(CC(=O)N1CCCC1)C(CC)(CC)CN. The fourth-order valence-electron chi connectivity index (χ4n) is 3.10. The number of carbonyl (C=O) groups excluding carboxylic acids is 1. The van der Waals surface area contributed by atoms with Crippen molar-refractivity contribution in [3.63, 3.8) is 0 Å². The second-order valence-electron chi connectivity index (χ2n) is 5.65. The van der Waals surface area contributed by atoms with Crippen molar-refractivity contribution in [1.82, 2.24) is 9.80 Å². The molecule has 0 spiro atoms. The van der Waals surface area contributed by atoms with Gasteiger partial charge in [-0.2, -0.15) is 0 Å². The maximum atomic E-state index is 12.4. The van der Waals surface area contributed by atoms with Crippen molar-refractivity contribution in [3.8, 4) is 0 Å². The smallest absolute Gasteiger partial charge is 0.236 e. The lowest BCUT2D eigenvalue weighted by Gasteiger charge is -2.42. The molecule has 0 unspecified atom stereocenters. The van der Waals surface area contributed by atoms with Crippen molar-refractivity contribution in [2.24, 2.45) is 5.73 Å². The molecule has 112 valence electrons. The summed E-state index contributed by atoms with van der Waals surface area (Å²) in [5, 5.41) is 0. The van der Waals surface area contributed by atoms with E-state index in [0.717, 1.165) is 51.7 Å². The lowest BCUT2D eigenvalue weighted by atomic mass is 9.90. The van der Waals surface area contributed by atoms with Crippen LogP contribution in [0.1, 0.15) is 52.9 Å². The number of nitrogens with two attached hydrogens (primary N) is 1. The van der Waals surface area contributed by atoms with E-state index in [2.05, 4.69) is 25.7 Å². The van der Waals surface area contributed by atoms with Crippen LogP contribution in [0.25, 0.3) is 0 Å². The summed E-state index contributed by atoms with van der Waals surface area (Å²) in [7, 11) is 0. The fourth-order valence-corrected chi connectivity index (χ4v) is 3.10. The number of rotatable bonds is 8. The van der Waals surface area contributed by atoms with Gasteiger partial charge in [-0.15, -0.1) is 0 Å². The molecule has 0 aromatic rings. The Morgan fingerprint density at radius 3 is 2.21 bits per heavy atom. The van der Waals surface area contributed by atoms with Gasteiger partial charge in [0.05, 0.1) is 6.54 Å². The highest BCUT2D eigenvalue weighted by Crippen LogP contribution is 2.23. The average molecular weight is 269 g/mol.